The number of halogens is 2. The Morgan fingerprint density at radius 1 is 1.29 bits per heavy atom. The summed E-state index contributed by atoms with van der Waals surface area (Å²) in [5.41, 5.74) is 6.37. The molecule has 2 N–H and O–H groups in total. The summed E-state index contributed by atoms with van der Waals surface area (Å²) in [5, 5.41) is 4.93. The maximum atomic E-state index is 5.90. The largest absolute Gasteiger partial charge is 0.339 e. The topological polar surface area (TPSA) is 64.9 Å². The van der Waals surface area contributed by atoms with Crippen LogP contribution in [0.5, 0.6) is 0 Å². The van der Waals surface area contributed by atoms with Crippen LogP contribution >= 0.6 is 23.2 Å². The number of hydrogen-bond acceptors (Lipinski definition) is 4. The number of nitrogens with two attached hydrogens (primary N) is 1. The van der Waals surface area contributed by atoms with Crippen LogP contribution in [-0.4, -0.2) is 16.2 Å². The molecule has 6 heteroatoms. The molecule has 0 fully saturated rings. The van der Waals surface area contributed by atoms with Crippen LogP contribution in [-0.2, 0) is 6.42 Å². The average Bonchev–Trinajstić information content (AvgIpc) is 2.63. The maximum Gasteiger partial charge on any atom is 0.228 e. The number of aromatic nitrogens is 2. The van der Waals surface area contributed by atoms with Crippen molar-refractivity contribution in [2.45, 2.75) is 19.4 Å². The van der Waals surface area contributed by atoms with E-state index < -0.39 is 0 Å². The number of benzene rings is 1. The van der Waals surface area contributed by atoms with Crippen molar-refractivity contribution >= 4 is 23.2 Å². The van der Waals surface area contributed by atoms with Crippen molar-refractivity contribution in [3.05, 3.63) is 34.1 Å². The summed E-state index contributed by atoms with van der Waals surface area (Å²) >= 11 is 11.8. The van der Waals surface area contributed by atoms with E-state index in [1.54, 1.807) is 18.2 Å². The van der Waals surface area contributed by atoms with Gasteiger partial charge in [0.1, 0.15) is 0 Å². The van der Waals surface area contributed by atoms with Gasteiger partial charge in [0.05, 0.1) is 0 Å². The van der Waals surface area contributed by atoms with E-state index in [1.807, 2.05) is 6.92 Å². The number of hydrogen-bond donors (Lipinski definition) is 1. The monoisotopic (exact) mass is 271 g/mol. The van der Waals surface area contributed by atoms with Gasteiger partial charge >= 0.3 is 0 Å². The first kappa shape index (κ1) is 12.4. The van der Waals surface area contributed by atoms with Crippen molar-refractivity contribution < 1.29 is 4.52 Å². The lowest BCUT2D eigenvalue weighted by Gasteiger charge is -1.98. The molecule has 0 aliphatic heterocycles. The van der Waals surface area contributed by atoms with E-state index in [9.17, 15) is 0 Å². The molecule has 1 aromatic heterocycles. The van der Waals surface area contributed by atoms with Crippen molar-refractivity contribution in [3.8, 4) is 11.4 Å². The molecule has 0 amide bonds. The molecule has 0 bridgehead atoms. The summed E-state index contributed by atoms with van der Waals surface area (Å²) in [6.07, 6.45) is 0.543. The zero-order valence-electron chi connectivity index (χ0n) is 9.15. The Bertz CT molecular complexity index is 505. The zero-order valence-corrected chi connectivity index (χ0v) is 10.7. The number of rotatable bonds is 3. The van der Waals surface area contributed by atoms with E-state index in [-0.39, 0.29) is 6.04 Å². The molecule has 4 nitrogen and oxygen atoms in total. The minimum Gasteiger partial charge on any atom is -0.339 e. The van der Waals surface area contributed by atoms with Gasteiger partial charge in [0.25, 0.3) is 0 Å². The van der Waals surface area contributed by atoms with Crippen molar-refractivity contribution in [2.24, 2.45) is 5.73 Å². The predicted octanol–water partition coefficient (Wildman–Crippen LogP) is 2.93. The van der Waals surface area contributed by atoms with Crippen molar-refractivity contribution in [2.75, 3.05) is 0 Å². The van der Waals surface area contributed by atoms with Crippen molar-refractivity contribution in [1.29, 1.82) is 0 Å². The van der Waals surface area contributed by atoms with Gasteiger partial charge in [0.15, 0.2) is 0 Å². The highest BCUT2D eigenvalue weighted by Crippen LogP contribution is 2.25. The van der Waals surface area contributed by atoms with Gasteiger partial charge in [-0.3, -0.25) is 0 Å². The SMILES string of the molecule is CC(N)Cc1nc(-c2cc(Cl)cc(Cl)c2)no1. The van der Waals surface area contributed by atoms with Gasteiger partial charge in [-0.25, -0.2) is 0 Å². The minimum atomic E-state index is -0.0220. The third-order valence-electron chi connectivity index (χ3n) is 2.09. The molecular formula is C11H11Cl2N3O. The molecule has 1 aromatic carbocycles. The number of nitrogens with zero attached hydrogens (tertiary/aromatic N) is 2. The van der Waals surface area contributed by atoms with Crippen molar-refractivity contribution in [1.82, 2.24) is 10.1 Å². The summed E-state index contributed by atoms with van der Waals surface area (Å²) in [7, 11) is 0. The van der Waals surface area contributed by atoms with Crippen LogP contribution in [0.3, 0.4) is 0 Å². The second kappa shape index (κ2) is 5.04. The molecule has 17 heavy (non-hydrogen) atoms. The lowest BCUT2D eigenvalue weighted by molar-refractivity contribution is 0.372. The zero-order chi connectivity index (χ0) is 12.4. The highest BCUT2D eigenvalue weighted by atomic mass is 35.5. The van der Waals surface area contributed by atoms with Crippen LogP contribution in [0, 0.1) is 0 Å². The Labute approximate surface area is 109 Å². The molecule has 0 aliphatic carbocycles. The van der Waals surface area contributed by atoms with Gasteiger partial charge in [0.2, 0.25) is 11.7 Å². The van der Waals surface area contributed by atoms with Gasteiger partial charge in [-0.05, 0) is 25.1 Å². The Morgan fingerprint density at radius 2 is 1.94 bits per heavy atom. The normalized spacial score (nSPS) is 12.7. The predicted molar refractivity (Wildman–Crippen MR) is 67.1 cm³/mol. The molecule has 1 atom stereocenters. The Morgan fingerprint density at radius 3 is 2.53 bits per heavy atom. The highest BCUT2D eigenvalue weighted by Gasteiger charge is 2.11. The van der Waals surface area contributed by atoms with E-state index in [4.69, 9.17) is 33.5 Å². The van der Waals surface area contributed by atoms with E-state index >= 15 is 0 Å². The third kappa shape index (κ3) is 3.19. The molecule has 0 saturated heterocycles. The standard InChI is InChI=1S/C11H11Cl2N3O/c1-6(14)2-10-15-11(16-17-10)7-3-8(12)5-9(13)4-7/h3-6H,2,14H2,1H3. The van der Waals surface area contributed by atoms with E-state index in [1.165, 1.54) is 0 Å². The van der Waals surface area contributed by atoms with Gasteiger partial charge in [-0.2, -0.15) is 4.98 Å². The summed E-state index contributed by atoms with van der Waals surface area (Å²) < 4.78 is 5.08. The first-order chi connectivity index (χ1) is 8.04. The fourth-order valence-corrected chi connectivity index (χ4v) is 1.94. The Hall–Kier alpha value is -1.10. The average molecular weight is 272 g/mol. The van der Waals surface area contributed by atoms with E-state index in [2.05, 4.69) is 10.1 Å². The lowest BCUT2D eigenvalue weighted by atomic mass is 10.2. The van der Waals surface area contributed by atoms with Gasteiger partial charge in [-0.15, -0.1) is 0 Å². The van der Waals surface area contributed by atoms with E-state index in [0.717, 1.165) is 5.56 Å². The van der Waals surface area contributed by atoms with Crippen LogP contribution in [0.1, 0.15) is 12.8 Å². The molecule has 0 aliphatic rings. The molecule has 0 radical (unpaired) electrons. The first-order valence-corrected chi connectivity index (χ1v) is 5.85. The molecule has 0 saturated carbocycles. The Kier molecular flexibility index (Phi) is 3.66. The fraction of sp³-hybridized carbons (Fsp3) is 0.273. The Balaban J connectivity index is 2.30. The highest BCUT2D eigenvalue weighted by molar-refractivity contribution is 6.35. The van der Waals surface area contributed by atoms with Crippen molar-refractivity contribution in [3.63, 3.8) is 0 Å². The first-order valence-electron chi connectivity index (χ1n) is 5.09. The van der Waals surface area contributed by atoms with Gasteiger partial charge in [0, 0.05) is 28.1 Å². The van der Waals surface area contributed by atoms with Crippen LogP contribution in [0.2, 0.25) is 10.0 Å². The summed E-state index contributed by atoms with van der Waals surface area (Å²) in [6.45, 7) is 1.88. The van der Waals surface area contributed by atoms with E-state index in [0.29, 0.717) is 28.2 Å². The second-order valence-electron chi connectivity index (χ2n) is 3.85. The molecule has 2 rings (SSSR count). The smallest absolute Gasteiger partial charge is 0.228 e. The van der Waals surface area contributed by atoms with Crippen LogP contribution in [0.4, 0.5) is 0 Å². The summed E-state index contributed by atoms with van der Waals surface area (Å²) in [6, 6.07) is 5.09. The summed E-state index contributed by atoms with van der Waals surface area (Å²) in [4.78, 5) is 4.23. The molecule has 0 spiro atoms. The summed E-state index contributed by atoms with van der Waals surface area (Å²) in [5.74, 6) is 0.969. The van der Waals surface area contributed by atoms with Gasteiger partial charge < -0.3 is 10.3 Å². The third-order valence-corrected chi connectivity index (χ3v) is 2.52. The minimum absolute atomic E-state index is 0.0220. The molecule has 1 unspecified atom stereocenters. The lowest BCUT2D eigenvalue weighted by Crippen LogP contribution is -2.17. The second-order valence-corrected chi connectivity index (χ2v) is 4.72. The van der Waals surface area contributed by atoms with Crippen LogP contribution in [0.15, 0.2) is 22.7 Å². The van der Waals surface area contributed by atoms with Crippen LogP contribution < -0.4 is 5.73 Å². The molecule has 2 aromatic rings. The molecule has 90 valence electrons. The molecular weight excluding hydrogens is 261 g/mol. The van der Waals surface area contributed by atoms with Crippen LogP contribution in [0.25, 0.3) is 11.4 Å². The quantitative estimate of drug-likeness (QED) is 0.932. The molecule has 1 heterocycles. The fourth-order valence-electron chi connectivity index (χ4n) is 1.41. The maximum absolute atomic E-state index is 5.90. The van der Waals surface area contributed by atoms with Gasteiger partial charge in [-0.1, -0.05) is 28.4 Å².